The maximum absolute atomic E-state index is 12.8. The van der Waals surface area contributed by atoms with Crippen LogP contribution < -0.4 is 15.0 Å². The van der Waals surface area contributed by atoms with Gasteiger partial charge in [0.15, 0.2) is 0 Å². The quantitative estimate of drug-likeness (QED) is 0.517. The summed E-state index contributed by atoms with van der Waals surface area (Å²) in [6, 6.07) is 13.4. The van der Waals surface area contributed by atoms with Crippen molar-refractivity contribution in [3.63, 3.8) is 0 Å². The highest BCUT2D eigenvalue weighted by atomic mass is 32.2. The van der Waals surface area contributed by atoms with Gasteiger partial charge in [-0.2, -0.15) is 0 Å². The van der Waals surface area contributed by atoms with Crippen molar-refractivity contribution in [3.8, 4) is 5.75 Å². The van der Waals surface area contributed by atoms with E-state index < -0.39 is 17.1 Å². The molecule has 2 aromatic rings. The first-order chi connectivity index (χ1) is 14.4. The maximum Gasteiger partial charge on any atom is 0.328 e. The summed E-state index contributed by atoms with van der Waals surface area (Å²) in [6.45, 7) is 0. The van der Waals surface area contributed by atoms with E-state index in [1.165, 1.54) is 23.8 Å². The van der Waals surface area contributed by atoms with Gasteiger partial charge in [0, 0.05) is 29.2 Å². The van der Waals surface area contributed by atoms with Crippen LogP contribution in [-0.4, -0.2) is 41.2 Å². The number of carbonyl (C=O) groups excluding carboxylic acids is 3. The maximum atomic E-state index is 12.8. The van der Waals surface area contributed by atoms with Gasteiger partial charge in [0.25, 0.3) is 0 Å². The van der Waals surface area contributed by atoms with E-state index in [9.17, 15) is 19.2 Å². The predicted octanol–water partition coefficient (Wildman–Crippen LogP) is 2.70. The Morgan fingerprint density at radius 1 is 1.10 bits per heavy atom. The van der Waals surface area contributed by atoms with Crippen LogP contribution in [0.25, 0.3) is 0 Å². The fourth-order valence-electron chi connectivity index (χ4n) is 2.81. The second-order valence-corrected chi connectivity index (χ2v) is 7.54. The molecule has 154 valence electrons. The van der Waals surface area contributed by atoms with Crippen LogP contribution in [-0.2, 0) is 19.2 Å². The lowest BCUT2D eigenvalue weighted by atomic mass is 10.3. The number of thioether (sulfide) groups is 1. The molecule has 30 heavy (non-hydrogen) atoms. The van der Waals surface area contributed by atoms with Gasteiger partial charge >= 0.3 is 5.97 Å². The van der Waals surface area contributed by atoms with Crippen LogP contribution in [0.4, 0.5) is 11.4 Å². The number of hydrogen-bond donors (Lipinski definition) is 2. The highest BCUT2D eigenvalue weighted by Gasteiger charge is 2.40. The van der Waals surface area contributed by atoms with Crippen LogP contribution in [0, 0.1) is 0 Å². The highest BCUT2D eigenvalue weighted by molar-refractivity contribution is 8.00. The number of ether oxygens (including phenoxy) is 1. The van der Waals surface area contributed by atoms with Gasteiger partial charge in [-0.15, -0.1) is 11.8 Å². The Balaban J connectivity index is 1.63. The third kappa shape index (κ3) is 5.06. The van der Waals surface area contributed by atoms with Crippen LogP contribution in [0.5, 0.6) is 5.75 Å². The number of aliphatic carboxylic acids is 1. The first-order valence-electron chi connectivity index (χ1n) is 8.87. The minimum Gasteiger partial charge on any atom is -0.497 e. The zero-order valence-corrected chi connectivity index (χ0v) is 16.7. The summed E-state index contributed by atoms with van der Waals surface area (Å²) in [6.07, 6.45) is 1.76. The lowest BCUT2D eigenvalue weighted by molar-refractivity contribution is -0.131. The Kier molecular flexibility index (Phi) is 6.53. The number of anilines is 2. The zero-order valence-electron chi connectivity index (χ0n) is 15.9. The Bertz CT molecular complexity index is 1000. The molecule has 3 amide bonds. The average molecular weight is 426 g/mol. The van der Waals surface area contributed by atoms with E-state index in [1.807, 2.05) is 0 Å². The molecule has 0 aliphatic carbocycles. The summed E-state index contributed by atoms with van der Waals surface area (Å²) in [4.78, 5) is 49.1. The zero-order chi connectivity index (χ0) is 21.7. The lowest BCUT2D eigenvalue weighted by Gasteiger charge is -2.15. The molecule has 0 spiro atoms. The van der Waals surface area contributed by atoms with Crippen LogP contribution in [0.2, 0.25) is 0 Å². The molecule has 2 aromatic carbocycles. The van der Waals surface area contributed by atoms with E-state index in [0.29, 0.717) is 17.1 Å². The fraction of sp³-hybridized carbons (Fsp3) is 0.143. The molecule has 1 atom stereocenters. The van der Waals surface area contributed by atoms with Gasteiger partial charge in [-0.05, 0) is 48.5 Å². The second kappa shape index (κ2) is 9.27. The molecule has 8 nitrogen and oxygen atoms in total. The minimum atomic E-state index is -1.21. The predicted molar refractivity (Wildman–Crippen MR) is 112 cm³/mol. The molecule has 3 rings (SSSR count). The minimum absolute atomic E-state index is 0.0913. The van der Waals surface area contributed by atoms with Crippen molar-refractivity contribution >= 4 is 46.8 Å². The van der Waals surface area contributed by atoms with E-state index in [4.69, 9.17) is 9.84 Å². The lowest BCUT2D eigenvalue weighted by Crippen LogP contribution is -2.31. The van der Waals surface area contributed by atoms with E-state index in [0.717, 1.165) is 17.0 Å². The van der Waals surface area contributed by atoms with Crippen molar-refractivity contribution < 1.29 is 29.0 Å². The number of carboxylic acid groups (broad SMARTS) is 1. The molecule has 0 aromatic heterocycles. The fourth-order valence-corrected chi connectivity index (χ4v) is 3.86. The third-order valence-corrected chi connectivity index (χ3v) is 5.41. The number of amides is 3. The number of carboxylic acids is 1. The van der Waals surface area contributed by atoms with Gasteiger partial charge in [-0.25, -0.2) is 9.69 Å². The summed E-state index contributed by atoms with van der Waals surface area (Å²) in [5.41, 5.74) is 0.981. The van der Waals surface area contributed by atoms with Crippen molar-refractivity contribution in [2.24, 2.45) is 0 Å². The number of imide groups is 1. The Hall–Kier alpha value is -3.59. The van der Waals surface area contributed by atoms with Crippen LogP contribution in [0.15, 0.2) is 65.6 Å². The molecule has 1 aliphatic heterocycles. The highest BCUT2D eigenvalue weighted by Crippen LogP contribution is 2.34. The molecule has 1 saturated heterocycles. The number of hydrogen-bond acceptors (Lipinski definition) is 6. The molecule has 0 unspecified atom stereocenters. The first kappa shape index (κ1) is 21.1. The molecule has 1 aliphatic rings. The third-order valence-electron chi connectivity index (χ3n) is 4.21. The first-order valence-corrected chi connectivity index (χ1v) is 9.75. The second-order valence-electron chi connectivity index (χ2n) is 6.26. The monoisotopic (exact) mass is 426 g/mol. The van der Waals surface area contributed by atoms with E-state index in [2.05, 4.69) is 5.32 Å². The van der Waals surface area contributed by atoms with E-state index >= 15 is 0 Å². The molecule has 2 N–H and O–H groups in total. The van der Waals surface area contributed by atoms with E-state index in [-0.39, 0.29) is 18.2 Å². The van der Waals surface area contributed by atoms with Crippen LogP contribution >= 0.6 is 11.8 Å². The number of benzene rings is 2. The van der Waals surface area contributed by atoms with Crippen LogP contribution in [0.1, 0.15) is 6.42 Å². The number of methoxy groups -OCH3 is 1. The smallest absolute Gasteiger partial charge is 0.328 e. The summed E-state index contributed by atoms with van der Waals surface area (Å²) in [7, 11) is 1.54. The molecule has 1 fully saturated rings. The summed E-state index contributed by atoms with van der Waals surface area (Å²) in [5, 5.41) is 10.5. The molecule has 1 heterocycles. The number of nitrogens with zero attached hydrogens (tertiary/aromatic N) is 1. The number of carbonyl (C=O) groups is 4. The van der Waals surface area contributed by atoms with Gasteiger partial charge in [0.05, 0.1) is 18.0 Å². The molecular formula is C21H18N2O6S. The number of nitrogens with one attached hydrogen (secondary N) is 1. The van der Waals surface area contributed by atoms with Gasteiger partial charge in [0.1, 0.15) is 5.75 Å². The summed E-state index contributed by atoms with van der Waals surface area (Å²) >= 11 is 1.27. The van der Waals surface area contributed by atoms with Crippen molar-refractivity contribution in [1.29, 1.82) is 0 Å². The summed E-state index contributed by atoms with van der Waals surface area (Å²) in [5.74, 6) is -1.70. The van der Waals surface area contributed by atoms with Gasteiger partial charge in [-0.1, -0.05) is 0 Å². The SMILES string of the molecule is COc1ccc(N2C(=O)C[C@@H](Sc3ccc(NC(=O)/C=C/C(=O)O)cc3)C2=O)cc1. The normalized spacial score (nSPS) is 16.2. The standard InChI is InChI=1S/C21H18N2O6S/c1-29-15-6-4-14(5-7-15)23-19(25)12-17(21(23)28)30-16-8-2-13(3-9-16)22-18(24)10-11-20(26)27/h2-11,17H,12H2,1H3,(H,22,24)(H,26,27)/b11-10+/t17-/m1/s1. The molecular weight excluding hydrogens is 408 g/mol. The van der Waals surface area contributed by atoms with E-state index in [1.54, 1.807) is 48.5 Å². The molecule has 0 radical (unpaired) electrons. The van der Waals surface area contributed by atoms with Gasteiger partial charge in [0.2, 0.25) is 17.7 Å². The Morgan fingerprint density at radius 3 is 2.37 bits per heavy atom. The van der Waals surface area contributed by atoms with Crippen molar-refractivity contribution in [2.75, 3.05) is 17.3 Å². The molecule has 9 heteroatoms. The van der Waals surface area contributed by atoms with Crippen molar-refractivity contribution in [2.45, 2.75) is 16.6 Å². The average Bonchev–Trinajstić information content (AvgIpc) is 3.01. The van der Waals surface area contributed by atoms with Crippen molar-refractivity contribution in [3.05, 3.63) is 60.7 Å². The Labute approximate surface area is 176 Å². The summed E-state index contributed by atoms with van der Waals surface area (Å²) < 4.78 is 5.09. The van der Waals surface area contributed by atoms with Gasteiger partial charge in [-0.3, -0.25) is 14.4 Å². The Morgan fingerprint density at radius 2 is 1.77 bits per heavy atom. The molecule has 0 saturated carbocycles. The van der Waals surface area contributed by atoms with Crippen LogP contribution in [0.3, 0.4) is 0 Å². The molecule has 0 bridgehead atoms. The largest absolute Gasteiger partial charge is 0.497 e. The number of rotatable bonds is 7. The van der Waals surface area contributed by atoms with Gasteiger partial charge < -0.3 is 15.2 Å². The topological polar surface area (TPSA) is 113 Å². The van der Waals surface area contributed by atoms with Crippen molar-refractivity contribution in [1.82, 2.24) is 0 Å².